The van der Waals surface area contributed by atoms with Crippen LogP contribution >= 0.6 is 0 Å². The van der Waals surface area contributed by atoms with E-state index >= 15 is 0 Å². The minimum absolute atomic E-state index is 0.0748. The van der Waals surface area contributed by atoms with Crippen LogP contribution in [0, 0.1) is 52.3 Å². The first kappa shape index (κ1) is 40.7. The summed E-state index contributed by atoms with van der Waals surface area (Å²) in [7, 11) is -3.81. The molecule has 7 N–H and O–H groups in total. The van der Waals surface area contributed by atoms with E-state index in [1.54, 1.807) is 0 Å². The van der Waals surface area contributed by atoms with E-state index in [1.165, 1.54) is 7.11 Å². The van der Waals surface area contributed by atoms with Gasteiger partial charge in [-0.1, -0.05) is 41.0 Å². The summed E-state index contributed by atoms with van der Waals surface area (Å²) >= 11 is 0. The predicted octanol–water partition coefficient (Wildman–Crippen LogP) is 0.677. The first-order valence-corrected chi connectivity index (χ1v) is 19.8. The largest absolute Gasteiger partial charge is 0.726 e. The monoisotopic (exact) mass is 737 g/mol. The number of fused-ring (bicyclic) bond motifs is 5. The molecule has 0 aromatic rings. The molecule has 18 atom stereocenters. The summed E-state index contributed by atoms with van der Waals surface area (Å²) in [6.45, 7) is 10.5. The molecule has 0 unspecified atom stereocenters. The normalized spacial score (nSPS) is 49.2. The minimum Gasteiger partial charge on any atom is -0.726 e. The number of aliphatic hydroxyl groups is 7. The summed E-state index contributed by atoms with van der Waals surface area (Å²) < 4.78 is 57.3. The van der Waals surface area contributed by atoms with Gasteiger partial charge in [-0.2, -0.15) is 0 Å². The Morgan fingerprint density at radius 3 is 2.14 bits per heavy atom. The second-order valence-corrected chi connectivity index (χ2v) is 18.1. The van der Waals surface area contributed by atoms with Crippen molar-refractivity contribution in [2.75, 3.05) is 20.3 Å². The molecule has 0 amide bonds. The van der Waals surface area contributed by atoms with Gasteiger partial charge < -0.3 is 54.5 Å². The Balaban J connectivity index is 1.31. The zero-order valence-electron chi connectivity index (χ0n) is 30.2. The highest BCUT2D eigenvalue weighted by atomic mass is 32.3. The molecule has 50 heavy (non-hydrogen) atoms. The van der Waals surface area contributed by atoms with Crippen molar-refractivity contribution in [1.82, 2.24) is 0 Å². The molecule has 0 aromatic heterocycles. The maximum Gasteiger partial charge on any atom is 0.217 e. The van der Waals surface area contributed by atoms with Crippen LogP contribution in [0.5, 0.6) is 0 Å². The highest BCUT2D eigenvalue weighted by Crippen LogP contribution is 2.70. The topological polar surface area (TPSA) is 236 Å². The average molecular weight is 738 g/mol. The van der Waals surface area contributed by atoms with Crippen molar-refractivity contribution >= 4 is 10.4 Å². The average Bonchev–Trinajstić information content (AvgIpc) is 3.22. The molecular formula is C35H61O14S-. The highest BCUT2D eigenvalue weighted by molar-refractivity contribution is 7.80. The molecule has 4 saturated carbocycles. The van der Waals surface area contributed by atoms with E-state index in [2.05, 4.69) is 13.8 Å². The Bertz CT molecular complexity index is 1270. The second kappa shape index (κ2) is 15.0. The van der Waals surface area contributed by atoms with Crippen molar-refractivity contribution in [3.63, 3.8) is 0 Å². The molecule has 15 heteroatoms. The summed E-state index contributed by atoms with van der Waals surface area (Å²) in [5.74, 6) is -2.26. The van der Waals surface area contributed by atoms with Gasteiger partial charge in [-0.05, 0) is 78.9 Å². The first-order valence-electron chi connectivity index (χ1n) is 18.4. The molecule has 1 heterocycles. The van der Waals surface area contributed by atoms with Crippen LogP contribution in [-0.4, -0.2) is 130 Å². The van der Waals surface area contributed by atoms with Crippen LogP contribution in [-0.2, 0) is 28.8 Å². The fourth-order valence-electron chi connectivity index (χ4n) is 11.8. The molecule has 4 aliphatic carbocycles. The van der Waals surface area contributed by atoms with Gasteiger partial charge in [0.1, 0.15) is 18.3 Å². The highest BCUT2D eigenvalue weighted by Gasteiger charge is 2.74. The maximum atomic E-state index is 12.7. The number of hydrogen-bond donors (Lipinski definition) is 7. The van der Waals surface area contributed by atoms with E-state index in [9.17, 15) is 48.7 Å². The molecule has 5 fully saturated rings. The molecule has 1 aliphatic heterocycles. The van der Waals surface area contributed by atoms with Crippen molar-refractivity contribution in [2.45, 2.75) is 147 Å². The van der Waals surface area contributed by atoms with Gasteiger partial charge in [0.25, 0.3) is 0 Å². The van der Waals surface area contributed by atoms with Gasteiger partial charge >= 0.3 is 0 Å². The Kier molecular flexibility index (Phi) is 12.2. The molecule has 0 spiro atoms. The van der Waals surface area contributed by atoms with E-state index < -0.39 is 106 Å². The van der Waals surface area contributed by atoms with E-state index in [0.29, 0.717) is 44.6 Å². The SMILES string of the molecule is CO[C@@H]1CO[C@@H](OCC[C@@H](CC[C@@H](C)[C@H]2[C@@H](O)[C@@H](O)[C@@H]3[C@]2(C)CC[C@@H]2[C@@]4(C)CC[C@H](O)[C@H](O)[C@@H]4[C@@H](OS(=O)(=O)[O-])C[C@]23O)C(C)C)[C@H](O)[C@H]1O. The van der Waals surface area contributed by atoms with Crippen molar-refractivity contribution < 1.29 is 67.1 Å². The molecule has 0 bridgehead atoms. The number of rotatable bonds is 12. The summed E-state index contributed by atoms with van der Waals surface area (Å²) in [4.78, 5) is 0. The van der Waals surface area contributed by atoms with Crippen LogP contribution < -0.4 is 0 Å². The number of aliphatic hydroxyl groups excluding tert-OH is 6. The van der Waals surface area contributed by atoms with Crippen molar-refractivity contribution in [3.05, 3.63) is 0 Å². The third-order valence-electron chi connectivity index (χ3n) is 14.2. The molecular weight excluding hydrogens is 676 g/mol. The molecule has 0 aromatic carbocycles. The molecule has 1 saturated heterocycles. The van der Waals surface area contributed by atoms with Gasteiger partial charge in [0.2, 0.25) is 10.4 Å². The lowest BCUT2D eigenvalue weighted by atomic mass is 9.41. The number of hydrogen-bond acceptors (Lipinski definition) is 14. The lowest BCUT2D eigenvalue weighted by Gasteiger charge is -2.66. The van der Waals surface area contributed by atoms with Crippen LogP contribution in [0.2, 0.25) is 0 Å². The van der Waals surface area contributed by atoms with Crippen molar-refractivity contribution in [2.24, 2.45) is 52.3 Å². The van der Waals surface area contributed by atoms with Crippen molar-refractivity contribution in [1.29, 1.82) is 0 Å². The zero-order valence-corrected chi connectivity index (χ0v) is 31.0. The van der Waals surface area contributed by atoms with Crippen molar-refractivity contribution in [3.8, 4) is 0 Å². The minimum atomic E-state index is -5.25. The lowest BCUT2D eigenvalue weighted by molar-refractivity contribution is -0.277. The summed E-state index contributed by atoms with van der Waals surface area (Å²) in [6.07, 6.45) is -6.91. The first-order chi connectivity index (χ1) is 23.2. The van der Waals surface area contributed by atoms with Gasteiger partial charge in [-0.3, -0.25) is 4.18 Å². The molecule has 5 rings (SSSR count). The van der Waals surface area contributed by atoms with E-state index in [4.69, 9.17) is 18.4 Å². The summed E-state index contributed by atoms with van der Waals surface area (Å²) in [5, 5.41) is 78.5. The van der Waals surface area contributed by atoms with Gasteiger partial charge in [0.05, 0.1) is 49.3 Å². The van der Waals surface area contributed by atoms with E-state index in [1.807, 2.05) is 20.8 Å². The third-order valence-corrected chi connectivity index (χ3v) is 14.7. The smallest absolute Gasteiger partial charge is 0.217 e. The quantitative estimate of drug-likeness (QED) is 0.108. The molecule has 5 aliphatic rings. The van der Waals surface area contributed by atoms with Gasteiger partial charge in [0, 0.05) is 25.4 Å². The van der Waals surface area contributed by atoms with E-state index in [0.717, 1.165) is 6.42 Å². The predicted molar refractivity (Wildman–Crippen MR) is 177 cm³/mol. The molecule has 292 valence electrons. The van der Waals surface area contributed by atoms with Crippen LogP contribution in [0.4, 0.5) is 0 Å². The Labute approximate surface area is 296 Å². The third kappa shape index (κ3) is 7.18. The molecule has 14 nitrogen and oxygen atoms in total. The fourth-order valence-corrected chi connectivity index (χ4v) is 12.3. The van der Waals surface area contributed by atoms with Gasteiger partial charge in [0.15, 0.2) is 6.29 Å². The number of ether oxygens (including phenoxy) is 3. The Morgan fingerprint density at radius 2 is 1.52 bits per heavy atom. The molecule has 0 radical (unpaired) electrons. The second-order valence-electron chi connectivity index (χ2n) is 17.1. The zero-order chi connectivity index (χ0) is 37.1. The Morgan fingerprint density at radius 1 is 0.860 bits per heavy atom. The van der Waals surface area contributed by atoms with Crippen LogP contribution in [0.1, 0.15) is 86.0 Å². The van der Waals surface area contributed by atoms with Crippen LogP contribution in [0.15, 0.2) is 0 Å². The van der Waals surface area contributed by atoms with Gasteiger partial charge in [-0.25, -0.2) is 8.42 Å². The summed E-state index contributed by atoms with van der Waals surface area (Å²) in [5.41, 5.74) is -3.37. The Hall–Kier alpha value is -0.530. The fraction of sp³-hybridized carbons (Fsp3) is 1.00. The number of methoxy groups -OCH3 is 1. The van der Waals surface area contributed by atoms with Crippen LogP contribution in [0.25, 0.3) is 0 Å². The summed E-state index contributed by atoms with van der Waals surface area (Å²) in [6, 6.07) is 0. The maximum absolute atomic E-state index is 12.7. The van der Waals surface area contributed by atoms with Gasteiger partial charge in [-0.15, -0.1) is 0 Å². The standard InChI is InChI=1S/C35H62O14S/c1-17(2)19(11-14-47-32-30(41)27(38)22(46-6)16-48-32)8-7-18(3)24-28(39)29(40)31-34(24,5)13-10-23-33(4)12-9-20(36)26(37)25(33)21(15-35(23,31)42)49-50(43,44)45/h17-32,36-42H,7-16H2,1-6H3,(H,43,44,45)/p-1/t18-,19-,20+,21+,22-,23-,24+,25+,26+,27+,28-,29-,30-,31-,32-,33-,34-,35+/m1/s1. The van der Waals surface area contributed by atoms with Crippen LogP contribution in [0.3, 0.4) is 0 Å². The van der Waals surface area contributed by atoms with E-state index in [-0.39, 0.29) is 31.3 Å². The lowest BCUT2D eigenvalue weighted by Crippen LogP contribution is -2.71.